The third kappa shape index (κ3) is 8.34. The number of H-pyrrole nitrogens is 1. The van der Waals surface area contributed by atoms with E-state index in [-0.39, 0.29) is 19.3 Å². The number of amides is 1. The Labute approximate surface area is 172 Å². The molecule has 7 N–H and O–H groups in total. The van der Waals surface area contributed by atoms with Crippen molar-refractivity contribution in [1.29, 1.82) is 0 Å². The van der Waals surface area contributed by atoms with Crippen LogP contribution in [0.25, 0.3) is 10.9 Å². The van der Waals surface area contributed by atoms with Gasteiger partial charge in [0.15, 0.2) is 0 Å². The molecule has 170 valence electrons. The average molecular weight is 447 g/mol. The highest BCUT2D eigenvalue weighted by molar-refractivity contribution is 5.88. The van der Waals surface area contributed by atoms with Gasteiger partial charge >= 0.3 is 24.1 Å². The lowest BCUT2D eigenvalue weighted by Crippen LogP contribution is -2.49. The molecule has 10 nitrogen and oxygen atoms in total. The summed E-state index contributed by atoms with van der Waals surface area (Å²) in [5.74, 6) is -5.68. The third-order valence-corrected chi connectivity index (χ3v) is 3.96. The second kappa shape index (κ2) is 11.0. The Bertz CT molecular complexity index is 943. The number of rotatable bonds is 8. The third-order valence-electron chi connectivity index (χ3n) is 3.96. The molecule has 1 aromatic heterocycles. The number of nitrogens with one attached hydrogen (secondary N) is 2. The molecule has 0 aliphatic rings. The van der Waals surface area contributed by atoms with Crippen LogP contribution in [0, 0.1) is 0 Å². The maximum atomic E-state index is 12.0. The summed E-state index contributed by atoms with van der Waals surface area (Å²) in [6.45, 7) is 0. The maximum Gasteiger partial charge on any atom is 0.490 e. The van der Waals surface area contributed by atoms with Gasteiger partial charge in [0.25, 0.3) is 0 Å². The number of carbonyl (C=O) groups is 4. The molecule has 0 saturated heterocycles. The fourth-order valence-electron chi connectivity index (χ4n) is 2.41. The Kier molecular flexibility index (Phi) is 8.99. The van der Waals surface area contributed by atoms with E-state index in [4.69, 9.17) is 20.7 Å². The van der Waals surface area contributed by atoms with E-state index in [9.17, 15) is 32.7 Å². The molecule has 0 aliphatic carbocycles. The zero-order valence-electron chi connectivity index (χ0n) is 15.8. The monoisotopic (exact) mass is 447 g/mol. The molecule has 0 aliphatic heterocycles. The van der Waals surface area contributed by atoms with Crippen LogP contribution in [0.5, 0.6) is 0 Å². The molecule has 0 fully saturated rings. The fourth-order valence-corrected chi connectivity index (χ4v) is 2.41. The number of carboxylic acids is 3. The number of hydrogen-bond acceptors (Lipinski definition) is 5. The summed E-state index contributed by atoms with van der Waals surface area (Å²) in [7, 11) is 0. The zero-order valence-corrected chi connectivity index (χ0v) is 15.8. The van der Waals surface area contributed by atoms with Gasteiger partial charge in [-0.1, -0.05) is 18.2 Å². The van der Waals surface area contributed by atoms with Crippen molar-refractivity contribution in [3.63, 3.8) is 0 Å². The molecule has 1 heterocycles. The Morgan fingerprint density at radius 2 is 1.68 bits per heavy atom. The van der Waals surface area contributed by atoms with Crippen molar-refractivity contribution < 1.29 is 47.7 Å². The van der Waals surface area contributed by atoms with Crippen LogP contribution in [0.15, 0.2) is 30.5 Å². The number of aliphatic carboxylic acids is 3. The lowest BCUT2D eigenvalue weighted by molar-refractivity contribution is -0.192. The first-order chi connectivity index (χ1) is 14.3. The van der Waals surface area contributed by atoms with Gasteiger partial charge < -0.3 is 31.4 Å². The van der Waals surface area contributed by atoms with Crippen LogP contribution in [0.1, 0.15) is 18.4 Å². The van der Waals surface area contributed by atoms with Crippen LogP contribution in [0.4, 0.5) is 13.2 Å². The van der Waals surface area contributed by atoms with Crippen molar-refractivity contribution >= 4 is 34.7 Å². The molecular weight excluding hydrogens is 427 g/mol. The number of aromatic nitrogens is 1. The van der Waals surface area contributed by atoms with Crippen LogP contribution in [-0.2, 0) is 25.6 Å². The summed E-state index contributed by atoms with van der Waals surface area (Å²) in [4.78, 5) is 45.8. The number of hydrogen-bond donors (Lipinski definition) is 6. The number of alkyl halides is 3. The quantitative estimate of drug-likeness (QED) is 0.348. The topological polar surface area (TPSA) is 183 Å². The van der Waals surface area contributed by atoms with E-state index in [1.54, 1.807) is 6.20 Å². The summed E-state index contributed by atoms with van der Waals surface area (Å²) in [6, 6.07) is 5.23. The number of carbonyl (C=O) groups excluding carboxylic acids is 1. The first-order valence-electron chi connectivity index (χ1n) is 8.68. The Morgan fingerprint density at radius 1 is 1.10 bits per heavy atom. The molecule has 0 bridgehead atoms. The number of benzene rings is 1. The molecule has 0 spiro atoms. The maximum absolute atomic E-state index is 12.0. The van der Waals surface area contributed by atoms with Gasteiger partial charge in [0.1, 0.15) is 6.04 Å². The lowest BCUT2D eigenvalue weighted by Gasteiger charge is -2.17. The predicted molar refractivity (Wildman–Crippen MR) is 100 cm³/mol. The number of carboxylic acid groups (broad SMARTS) is 3. The van der Waals surface area contributed by atoms with Crippen LogP contribution in [0.2, 0.25) is 0 Å². The summed E-state index contributed by atoms with van der Waals surface area (Å²) in [6.07, 6.45) is -3.59. The van der Waals surface area contributed by atoms with Crippen molar-refractivity contribution in [1.82, 2.24) is 10.3 Å². The number of fused-ring (bicyclic) bond motifs is 1. The van der Waals surface area contributed by atoms with Crippen molar-refractivity contribution in [2.45, 2.75) is 37.5 Å². The Morgan fingerprint density at radius 3 is 2.19 bits per heavy atom. The first-order valence-corrected chi connectivity index (χ1v) is 8.68. The molecule has 0 radical (unpaired) electrons. The number of aromatic amines is 1. The molecule has 0 unspecified atom stereocenters. The number of para-hydroxylation sites is 1. The van der Waals surface area contributed by atoms with Crippen LogP contribution in [0.3, 0.4) is 0 Å². The highest BCUT2D eigenvalue weighted by Gasteiger charge is 2.38. The zero-order chi connectivity index (χ0) is 23.8. The molecule has 2 aromatic rings. The van der Waals surface area contributed by atoms with E-state index in [2.05, 4.69) is 10.3 Å². The standard InChI is InChI=1S/C16H19N3O5.C2HF3O2/c17-11(5-6-14(20)21)15(22)19-13(16(23)24)7-9-8-18-12-4-2-1-3-10(9)12;3-2(4,5)1(6)7/h1-4,8,11,13,18H,5-7,17H2,(H,19,22)(H,20,21)(H,23,24);(H,6,7)/t11-,13-;/m0./s1. The van der Waals surface area contributed by atoms with Crippen molar-refractivity contribution in [3.05, 3.63) is 36.0 Å². The fraction of sp³-hybridized carbons (Fsp3) is 0.333. The number of nitrogens with two attached hydrogens (primary N) is 1. The minimum Gasteiger partial charge on any atom is -0.481 e. The van der Waals surface area contributed by atoms with Gasteiger partial charge in [0.2, 0.25) is 5.91 Å². The number of halogens is 3. The van der Waals surface area contributed by atoms with Gasteiger partial charge in [-0.25, -0.2) is 9.59 Å². The van der Waals surface area contributed by atoms with Crippen molar-refractivity contribution in [3.8, 4) is 0 Å². The lowest BCUT2D eigenvalue weighted by atomic mass is 10.0. The molecule has 31 heavy (non-hydrogen) atoms. The molecule has 0 saturated carbocycles. The van der Waals surface area contributed by atoms with Gasteiger partial charge in [-0.15, -0.1) is 0 Å². The normalized spacial score (nSPS) is 12.9. The molecule has 2 rings (SSSR count). The minimum atomic E-state index is -5.08. The molecule has 1 aromatic carbocycles. The highest BCUT2D eigenvalue weighted by Crippen LogP contribution is 2.19. The van der Waals surface area contributed by atoms with Gasteiger partial charge in [-0.2, -0.15) is 13.2 Å². The second-order valence-electron chi connectivity index (χ2n) is 6.30. The summed E-state index contributed by atoms with van der Waals surface area (Å²) in [5.41, 5.74) is 7.24. The average Bonchev–Trinajstić information content (AvgIpc) is 3.08. The van der Waals surface area contributed by atoms with Gasteiger partial charge in [-0.05, 0) is 18.1 Å². The molecule has 1 amide bonds. The first kappa shape index (κ1) is 25.4. The second-order valence-corrected chi connectivity index (χ2v) is 6.30. The van der Waals surface area contributed by atoms with Gasteiger partial charge in [-0.3, -0.25) is 9.59 Å². The van der Waals surface area contributed by atoms with Gasteiger partial charge in [0.05, 0.1) is 6.04 Å². The predicted octanol–water partition coefficient (Wildman–Crippen LogP) is 1.11. The van der Waals surface area contributed by atoms with E-state index in [1.165, 1.54) is 0 Å². The van der Waals surface area contributed by atoms with Gasteiger partial charge in [0, 0.05) is 29.9 Å². The van der Waals surface area contributed by atoms with E-state index >= 15 is 0 Å². The largest absolute Gasteiger partial charge is 0.490 e. The molecular formula is C18H20F3N3O7. The van der Waals surface area contributed by atoms with E-state index < -0.39 is 42.1 Å². The molecule has 2 atom stereocenters. The summed E-state index contributed by atoms with van der Waals surface area (Å²) in [5, 5.41) is 28.3. The van der Waals surface area contributed by atoms with E-state index in [0.29, 0.717) is 0 Å². The summed E-state index contributed by atoms with van der Waals surface area (Å²) >= 11 is 0. The molecule has 13 heteroatoms. The summed E-state index contributed by atoms with van der Waals surface area (Å²) < 4.78 is 31.7. The Balaban J connectivity index is 0.000000592. The van der Waals surface area contributed by atoms with Crippen LogP contribution in [-0.4, -0.2) is 62.4 Å². The Hall–Kier alpha value is -3.61. The van der Waals surface area contributed by atoms with E-state index in [0.717, 1.165) is 16.5 Å². The van der Waals surface area contributed by atoms with Crippen molar-refractivity contribution in [2.75, 3.05) is 0 Å². The highest BCUT2D eigenvalue weighted by atomic mass is 19.4. The smallest absolute Gasteiger partial charge is 0.481 e. The van der Waals surface area contributed by atoms with E-state index in [1.807, 2.05) is 24.3 Å². The van der Waals surface area contributed by atoms with Crippen molar-refractivity contribution in [2.24, 2.45) is 5.73 Å². The minimum absolute atomic E-state index is 0.0550. The van der Waals surface area contributed by atoms with Crippen LogP contribution >= 0.6 is 0 Å². The van der Waals surface area contributed by atoms with Crippen LogP contribution < -0.4 is 11.1 Å². The SMILES string of the molecule is N[C@@H](CCC(=O)O)C(=O)N[C@@H](Cc1c[nH]c2ccccc12)C(=O)O.O=C(O)C(F)(F)F.